The predicted molar refractivity (Wildman–Crippen MR) is 64.9 cm³/mol. The first-order valence-electron chi connectivity index (χ1n) is 5.34. The third kappa shape index (κ3) is 2.69. The lowest BCUT2D eigenvalue weighted by atomic mass is 10.1. The van der Waals surface area contributed by atoms with Crippen LogP contribution in [0.5, 0.6) is 0 Å². The fourth-order valence-electron chi connectivity index (χ4n) is 1.71. The smallest absolute Gasteiger partial charge is 0.0852 e. The van der Waals surface area contributed by atoms with Gasteiger partial charge < -0.3 is 4.90 Å². The van der Waals surface area contributed by atoms with E-state index in [-0.39, 0.29) is 0 Å². The average Bonchev–Trinajstić information content (AvgIpc) is 2.31. The van der Waals surface area contributed by atoms with Gasteiger partial charge >= 0.3 is 0 Å². The molecule has 2 nitrogen and oxygen atoms in total. The van der Waals surface area contributed by atoms with Crippen LogP contribution in [0.4, 0.5) is 0 Å². The minimum absolute atomic E-state index is 0.959. The first-order chi connectivity index (χ1) is 7.38. The molecule has 0 aliphatic carbocycles. The number of hydrogen-bond acceptors (Lipinski definition) is 2. The topological polar surface area (TPSA) is 15.6 Å². The molecule has 0 fully saturated rings. The van der Waals surface area contributed by atoms with Crippen LogP contribution < -0.4 is 0 Å². The Bertz CT molecular complexity index is 351. The maximum absolute atomic E-state index is 4.27. The maximum atomic E-state index is 4.27. The van der Waals surface area contributed by atoms with Gasteiger partial charge in [-0.25, -0.2) is 0 Å². The molecule has 1 aromatic carbocycles. The number of rotatable bonds is 3. The molecule has 2 rings (SSSR count). The van der Waals surface area contributed by atoms with Gasteiger partial charge in [0.25, 0.3) is 0 Å². The van der Waals surface area contributed by atoms with Gasteiger partial charge in [0.05, 0.1) is 6.34 Å². The molecule has 1 aliphatic heterocycles. The average molecular weight is 200 g/mol. The molecule has 1 aliphatic rings. The predicted octanol–water partition coefficient (Wildman–Crippen LogP) is 2.56. The zero-order valence-corrected chi connectivity index (χ0v) is 8.89. The summed E-state index contributed by atoms with van der Waals surface area (Å²) in [6.45, 7) is 6.80. The van der Waals surface area contributed by atoms with Crippen molar-refractivity contribution in [1.82, 2.24) is 4.90 Å². The Balaban J connectivity index is 2.00. The van der Waals surface area contributed by atoms with Crippen LogP contribution in [-0.4, -0.2) is 24.3 Å². The molecule has 1 heterocycles. The Morgan fingerprint density at radius 2 is 2.13 bits per heavy atom. The highest BCUT2D eigenvalue weighted by atomic mass is 15.2. The van der Waals surface area contributed by atoms with E-state index in [0.29, 0.717) is 0 Å². The number of hydrogen-bond donors (Lipinski definition) is 0. The van der Waals surface area contributed by atoms with E-state index in [9.17, 15) is 0 Å². The zero-order chi connectivity index (χ0) is 10.5. The first kappa shape index (κ1) is 9.97. The monoisotopic (exact) mass is 200 g/mol. The summed E-state index contributed by atoms with van der Waals surface area (Å²) < 4.78 is 0. The largest absolute Gasteiger partial charge is 0.359 e. The molecule has 0 saturated carbocycles. The van der Waals surface area contributed by atoms with Crippen LogP contribution >= 0.6 is 0 Å². The summed E-state index contributed by atoms with van der Waals surface area (Å²) in [6, 6.07) is 8.51. The molecule has 0 aromatic heterocycles. The minimum atomic E-state index is 0.959. The van der Waals surface area contributed by atoms with Gasteiger partial charge in [0.15, 0.2) is 0 Å². The highest BCUT2D eigenvalue weighted by molar-refractivity contribution is 5.56. The van der Waals surface area contributed by atoms with Gasteiger partial charge in [0.1, 0.15) is 0 Å². The summed E-state index contributed by atoms with van der Waals surface area (Å²) >= 11 is 0. The molecule has 0 spiro atoms. The molecule has 0 N–H and O–H groups in total. The fourth-order valence-corrected chi connectivity index (χ4v) is 1.71. The van der Waals surface area contributed by atoms with Gasteiger partial charge in [0.2, 0.25) is 0 Å². The van der Waals surface area contributed by atoms with Gasteiger partial charge in [-0.2, -0.15) is 0 Å². The minimum Gasteiger partial charge on any atom is -0.359 e. The Morgan fingerprint density at radius 3 is 2.73 bits per heavy atom. The number of aliphatic imine (C=N–C) groups is 1. The van der Waals surface area contributed by atoms with E-state index < -0.39 is 0 Å². The molecule has 15 heavy (non-hydrogen) atoms. The van der Waals surface area contributed by atoms with Crippen LogP contribution in [0.2, 0.25) is 0 Å². The summed E-state index contributed by atoms with van der Waals surface area (Å²) in [6.07, 6.45) is 5.00. The second kappa shape index (κ2) is 4.78. The van der Waals surface area contributed by atoms with Crippen LogP contribution in [0.1, 0.15) is 17.5 Å². The third-order valence-corrected chi connectivity index (χ3v) is 2.58. The van der Waals surface area contributed by atoms with Crippen LogP contribution in [0.15, 0.2) is 35.8 Å². The van der Waals surface area contributed by atoms with Crippen LogP contribution in [-0.2, 0) is 6.54 Å². The highest BCUT2D eigenvalue weighted by Gasteiger charge is 2.04. The third-order valence-electron chi connectivity index (χ3n) is 2.58. The Labute approximate surface area is 90.9 Å². The van der Waals surface area contributed by atoms with Crippen molar-refractivity contribution in [3.05, 3.63) is 42.0 Å². The Hall–Kier alpha value is -1.57. The van der Waals surface area contributed by atoms with E-state index >= 15 is 0 Å². The van der Waals surface area contributed by atoms with Gasteiger partial charge in [-0.15, -0.1) is 0 Å². The van der Waals surface area contributed by atoms with E-state index in [1.165, 1.54) is 17.5 Å². The van der Waals surface area contributed by atoms with Crippen LogP contribution in [0, 0.1) is 0 Å². The van der Waals surface area contributed by atoms with E-state index in [4.69, 9.17) is 0 Å². The zero-order valence-electron chi connectivity index (χ0n) is 8.89. The molecule has 0 bridgehead atoms. The quantitative estimate of drug-likeness (QED) is 0.732. The summed E-state index contributed by atoms with van der Waals surface area (Å²) in [4.78, 5) is 6.53. The van der Waals surface area contributed by atoms with E-state index in [1.54, 1.807) is 0 Å². The number of benzene rings is 1. The molecule has 0 atom stereocenters. The normalized spacial score (nSPS) is 15.3. The van der Waals surface area contributed by atoms with Crippen molar-refractivity contribution in [3.8, 4) is 0 Å². The second-order valence-corrected chi connectivity index (χ2v) is 3.79. The second-order valence-electron chi connectivity index (χ2n) is 3.79. The van der Waals surface area contributed by atoms with Crippen LogP contribution in [0.3, 0.4) is 0 Å². The molecule has 2 heteroatoms. The highest BCUT2D eigenvalue weighted by Crippen LogP contribution is 2.09. The van der Waals surface area contributed by atoms with Crippen molar-refractivity contribution in [2.75, 3.05) is 13.1 Å². The van der Waals surface area contributed by atoms with Crippen molar-refractivity contribution < 1.29 is 0 Å². The van der Waals surface area contributed by atoms with Crippen molar-refractivity contribution in [2.24, 2.45) is 4.99 Å². The molecule has 0 saturated heterocycles. The van der Waals surface area contributed by atoms with Crippen LogP contribution in [0.25, 0.3) is 6.08 Å². The van der Waals surface area contributed by atoms with Crippen molar-refractivity contribution >= 4 is 12.4 Å². The van der Waals surface area contributed by atoms with E-state index in [1.807, 2.05) is 12.4 Å². The lowest BCUT2D eigenvalue weighted by molar-refractivity contribution is 0.401. The van der Waals surface area contributed by atoms with Gasteiger partial charge in [-0.3, -0.25) is 4.99 Å². The van der Waals surface area contributed by atoms with E-state index in [0.717, 1.165) is 19.6 Å². The van der Waals surface area contributed by atoms with Crippen molar-refractivity contribution in [3.63, 3.8) is 0 Å². The molecule has 0 radical (unpaired) electrons. The number of nitrogens with zero attached hydrogens (tertiary/aromatic N) is 2. The summed E-state index contributed by atoms with van der Waals surface area (Å²) in [5, 5.41) is 0. The Kier molecular flexibility index (Phi) is 3.18. The molecule has 0 amide bonds. The van der Waals surface area contributed by atoms with Gasteiger partial charge in [-0.05, 0) is 17.5 Å². The molecule has 1 aromatic rings. The molecular formula is C13H16N2. The van der Waals surface area contributed by atoms with E-state index in [2.05, 4.69) is 40.7 Å². The van der Waals surface area contributed by atoms with Gasteiger partial charge in [-0.1, -0.05) is 36.9 Å². The Morgan fingerprint density at radius 1 is 1.33 bits per heavy atom. The van der Waals surface area contributed by atoms with Crippen molar-refractivity contribution in [1.29, 1.82) is 0 Å². The maximum Gasteiger partial charge on any atom is 0.0852 e. The summed E-state index contributed by atoms with van der Waals surface area (Å²) in [5.41, 5.74) is 2.50. The summed E-state index contributed by atoms with van der Waals surface area (Å²) in [7, 11) is 0. The lowest BCUT2D eigenvalue weighted by Crippen LogP contribution is -2.26. The first-order valence-corrected chi connectivity index (χ1v) is 5.34. The molecule has 78 valence electrons. The summed E-state index contributed by atoms with van der Waals surface area (Å²) in [5.74, 6) is 0. The lowest BCUT2D eigenvalue weighted by Gasteiger charge is -2.22. The van der Waals surface area contributed by atoms with Crippen molar-refractivity contribution in [2.45, 2.75) is 13.0 Å². The standard InChI is InChI=1S/C13H16N2/c1-2-12-4-6-13(7-5-12)10-15-9-3-8-14-11-15/h2,4-7,11H,1,3,8-10H2. The fraction of sp³-hybridized carbons (Fsp3) is 0.308. The molecule has 0 unspecified atom stereocenters. The van der Waals surface area contributed by atoms with Gasteiger partial charge in [0, 0.05) is 19.6 Å². The SMILES string of the molecule is C=Cc1ccc(CN2C=NCCC2)cc1. The molecular weight excluding hydrogens is 184 g/mol.